The zero-order valence-electron chi connectivity index (χ0n) is 11.2. The van der Waals surface area contributed by atoms with E-state index < -0.39 is 0 Å². The van der Waals surface area contributed by atoms with Crippen LogP contribution in [0.5, 0.6) is 0 Å². The van der Waals surface area contributed by atoms with Crippen LogP contribution in [0.25, 0.3) is 0 Å². The third-order valence-corrected chi connectivity index (χ3v) is 3.15. The number of anilines is 1. The Morgan fingerprint density at radius 2 is 2.16 bits per heavy atom. The van der Waals surface area contributed by atoms with Crippen molar-refractivity contribution in [2.45, 2.75) is 39.0 Å². The van der Waals surface area contributed by atoms with Crippen LogP contribution in [0.1, 0.15) is 39.0 Å². The van der Waals surface area contributed by atoms with Gasteiger partial charge in [-0.1, -0.05) is 31.4 Å². The van der Waals surface area contributed by atoms with Gasteiger partial charge in [0.15, 0.2) is 11.0 Å². The van der Waals surface area contributed by atoms with Gasteiger partial charge in [0.25, 0.3) is 0 Å². The zero-order chi connectivity index (χ0) is 14.1. The first kappa shape index (κ1) is 15.9. The molecule has 0 aliphatic heterocycles. The van der Waals surface area contributed by atoms with Gasteiger partial charge in [0.1, 0.15) is 0 Å². The average Bonchev–Trinajstić information content (AvgIpc) is 2.39. The second-order valence-electron chi connectivity index (χ2n) is 4.56. The number of aromatic nitrogens is 2. The van der Waals surface area contributed by atoms with Crippen molar-refractivity contribution in [3.8, 4) is 0 Å². The van der Waals surface area contributed by atoms with Gasteiger partial charge in [0, 0.05) is 6.42 Å². The molecular formula is C13H21ClN4O. The summed E-state index contributed by atoms with van der Waals surface area (Å²) in [5, 5.41) is 10.5. The highest BCUT2D eigenvalue weighted by Crippen LogP contribution is 2.17. The molecule has 6 heteroatoms. The van der Waals surface area contributed by atoms with Crippen molar-refractivity contribution in [1.29, 1.82) is 0 Å². The smallest absolute Gasteiger partial charge is 0.225 e. The summed E-state index contributed by atoms with van der Waals surface area (Å²) in [4.78, 5) is 11.8. The fourth-order valence-corrected chi connectivity index (χ4v) is 2.10. The normalized spacial score (nSPS) is 12.2. The minimum Gasteiger partial charge on any atom is -0.330 e. The number of hydrogen-bond donors (Lipinski definition) is 2. The Labute approximate surface area is 118 Å². The van der Waals surface area contributed by atoms with E-state index in [-0.39, 0.29) is 5.91 Å². The lowest BCUT2D eigenvalue weighted by molar-refractivity contribution is -0.116. The predicted molar refractivity (Wildman–Crippen MR) is 77.0 cm³/mol. The summed E-state index contributed by atoms with van der Waals surface area (Å²) in [6.07, 6.45) is 4.55. The molecule has 19 heavy (non-hydrogen) atoms. The molecule has 1 aromatic rings. The molecule has 0 aliphatic rings. The Morgan fingerprint density at radius 1 is 1.37 bits per heavy atom. The molecule has 1 aromatic heterocycles. The molecule has 0 bridgehead atoms. The number of halogens is 1. The zero-order valence-corrected chi connectivity index (χ0v) is 12.0. The third-order valence-electron chi connectivity index (χ3n) is 2.95. The van der Waals surface area contributed by atoms with Gasteiger partial charge in [0.2, 0.25) is 5.91 Å². The standard InChI is InChI=1S/C13H21ClN4O/c1-2-3-10(8-9-15)4-7-13(19)16-12-6-5-11(14)17-18-12/h5-6,10H,2-4,7-9,15H2,1H3,(H,16,18,19). The van der Waals surface area contributed by atoms with Gasteiger partial charge in [-0.15, -0.1) is 10.2 Å². The molecule has 0 aliphatic carbocycles. The van der Waals surface area contributed by atoms with Gasteiger partial charge < -0.3 is 11.1 Å². The van der Waals surface area contributed by atoms with E-state index in [0.717, 1.165) is 25.7 Å². The number of nitrogens with two attached hydrogens (primary N) is 1. The second kappa shape index (κ2) is 8.82. The molecule has 106 valence electrons. The quantitative estimate of drug-likeness (QED) is 0.769. The van der Waals surface area contributed by atoms with E-state index in [1.807, 2.05) is 0 Å². The molecule has 0 radical (unpaired) electrons. The number of hydrogen-bond acceptors (Lipinski definition) is 4. The molecule has 1 unspecified atom stereocenters. The van der Waals surface area contributed by atoms with E-state index in [2.05, 4.69) is 22.4 Å². The predicted octanol–water partition coefficient (Wildman–Crippen LogP) is 2.61. The molecule has 3 N–H and O–H groups in total. The van der Waals surface area contributed by atoms with E-state index in [4.69, 9.17) is 17.3 Å². The molecule has 5 nitrogen and oxygen atoms in total. The van der Waals surface area contributed by atoms with Crippen LogP contribution in [0.3, 0.4) is 0 Å². The molecule has 0 saturated carbocycles. The Hall–Kier alpha value is -1.20. The number of nitrogens with zero attached hydrogens (tertiary/aromatic N) is 2. The first-order valence-electron chi connectivity index (χ1n) is 6.64. The Bertz CT molecular complexity index is 377. The lowest BCUT2D eigenvalue weighted by atomic mass is 9.94. The van der Waals surface area contributed by atoms with Crippen molar-refractivity contribution in [1.82, 2.24) is 10.2 Å². The minimum atomic E-state index is -0.0465. The monoisotopic (exact) mass is 284 g/mol. The molecule has 0 saturated heterocycles. The van der Waals surface area contributed by atoms with Crippen LogP contribution in [-0.4, -0.2) is 22.6 Å². The summed E-state index contributed by atoms with van der Waals surface area (Å²) in [5.74, 6) is 0.909. The van der Waals surface area contributed by atoms with Gasteiger partial charge in [-0.25, -0.2) is 0 Å². The lowest BCUT2D eigenvalue weighted by Crippen LogP contribution is -2.16. The molecular weight excluding hydrogens is 264 g/mol. The van der Waals surface area contributed by atoms with Crippen LogP contribution in [0.4, 0.5) is 5.82 Å². The Balaban J connectivity index is 2.35. The number of amides is 1. The van der Waals surface area contributed by atoms with Crippen LogP contribution in [-0.2, 0) is 4.79 Å². The number of carbonyl (C=O) groups excluding carboxylic acids is 1. The lowest BCUT2D eigenvalue weighted by Gasteiger charge is -2.14. The highest BCUT2D eigenvalue weighted by atomic mass is 35.5. The fourth-order valence-electron chi connectivity index (χ4n) is 2.00. The van der Waals surface area contributed by atoms with Crippen LogP contribution in [0.2, 0.25) is 5.15 Å². The first-order valence-corrected chi connectivity index (χ1v) is 7.02. The van der Waals surface area contributed by atoms with Gasteiger partial charge in [-0.2, -0.15) is 0 Å². The highest BCUT2D eigenvalue weighted by Gasteiger charge is 2.10. The molecule has 1 amide bonds. The van der Waals surface area contributed by atoms with Gasteiger partial charge in [0.05, 0.1) is 0 Å². The highest BCUT2D eigenvalue weighted by molar-refractivity contribution is 6.29. The Morgan fingerprint density at radius 3 is 2.74 bits per heavy atom. The Kier molecular flexibility index (Phi) is 7.36. The van der Waals surface area contributed by atoms with E-state index in [0.29, 0.717) is 29.9 Å². The molecule has 0 fully saturated rings. The summed E-state index contributed by atoms with van der Waals surface area (Å²) in [6.45, 7) is 2.82. The van der Waals surface area contributed by atoms with Crippen molar-refractivity contribution < 1.29 is 4.79 Å². The van der Waals surface area contributed by atoms with E-state index in [9.17, 15) is 4.79 Å². The summed E-state index contributed by atoms with van der Waals surface area (Å²) >= 11 is 5.62. The number of nitrogens with one attached hydrogen (secondary N) is 1. The summed E-state index contributed by atoms with van der Waals surface area (Å²) < 4.78 is 0. The molecule has 0 spiro atoms. The maximum atomic E-state index is 11.8. The van der Waals surface area contributed by atoms with Crippen LogP contribution < -0.4 is 11.1 Å². The first-order chi connectivity index (χ1) is 9.15. The van der Waals surface area contributed by atoms with Gasteiger partial charge in [-0.3, -0.25) is 4.79 Å². The van der Waals surface area contributed by atoms with Crippen LogP contribution in [0, 0.1) is 5.92 Å². The number of carbonyl (C=O) groups is 1. The summed E-state index contributed by atoms with van der Waals surface area (Å²) in [5.41, 5.74) is 5.57. The molecule has 1 atom stereocenters. The van der Waals surface area contributed by atoms with Crippen molar-refractivity contribution in [3.05, 3.63) is 17.3 Å². The SMILES string of the molecule is CCCC(CCN)CCC(=O)Nc1ccc(Cl)nn1. The largest absolute Gasteiger partial charge is 0.330 e. The summed E-state index contributed by atoms with van der Waals surface area (Å²) in [7, 11) is 0. The van der Waals surface area contributed by atoms with Crippen molar-refractivity contribution >= 4 is 23.3 Å². The maximum Gasteiger partial charge on any atom is 0.225 e. The fraction of sp³-hybridized carbons (Fsp3) is 0.615. The topological polar surface area (TPSA) is 80.9 Å². The minimum absolute atomic E-state index is 0.0465. The van der Waals surface area contributed by atoms with Crippen LogP contribution >= 0.6 is 11.6 Å². The van der Waals surface area contributed by atoms with E-state index in [1.54, 1.807) is 12.1 Å². The van der Waals surface area contributed by atoms with E-state index >= 15 is 0 Å². The van der Waals surface area contributed by atoms with Gasteiger partial charge >= 0.3 is 0 Å². The summed E-state index contributed by atoms with van der Waals surface area (Å²) in [6, 6.07) is 3.23. The van der Waals surface area contributed by atoms with E-state index in [1.165, 1.54) is 0 Å². The van der Waals surface area contributed by atoms with Crippen molar-refractivity contribution in [3.63, 3.8) is 0 Å². The molecule has 0 aromatic carbocycles. The number of rotatable bonds is 8. The van der Waals surface area contributed by atoms with Crippen molar-refractivity contribution in [2.75, 3.05) is 11.9 Å². The average molecular weight is 285 g/mol. The maximum absolute atomic E-state index is 11.8. The van der Waals surface area contributed by atoms with Crippen molar-refractivity contribution in [2.24, 2.45) is 11.7 Å². The molecule has 1 heterocycles. The molecule has 1 rings (SSSR count). The third kappa shape index (κ3) is 6.50. The van der Waals surface area contributed by atoms with Crippen LogP contribution in [0.15, 0.2) is 12.1 Å². The second-order valence-corrected chi connectivity index (χ2v) is 4.95. The van der Waals surface area contributed by atoms with Gasteiger partial charge in [-0.05, 0) is 37.4 Å².